The van der Waals surface area contributed by atoms with Gasteiger partial charge in [0, 0.05) is 11.6 Å². The van der Waals surface area contributed by atoms with E-state index in [0.29, 0.717) is 22.8 Å². The number of benzene rings is 2. The Morgan fingerprint density at radius 3 is 2.54 bits per heavy atom. The number of hydrogen-bond donors (Lipinski definition) is 2. The van der Waals surface area contributed by atoms with Crippen LogP contribution in [-0.2, 0) is 14.8 Å². The molecule has 0 fully saturated rings. The Kier molecular flexibility index (Phi) is 5.85. The monoisotopic (exact) mass is 366 g/mol. The largest absolute Gasteiger partial charge is 0.326 e. The van der Waals surface area contributed by atoms with Crippen LogP contribution in [0.2, 0.25) is 5.02 Å². The summed E-state index contributed by atoms with van der Waals surface area (Å²) in [5, 5.41) is 3.03. The van der Waals surface area contributed by atoms with E-state index in [2.05, 4.69) is 10.0 Å². The Hall–Kier alpha value is -2.05. The van der Waals surface area contributed by atoms with E-state index in [-0.39, 0.29) is 16.7 Å². The Morgan fingerprint density at radius 1 is 1.17 bits per heavy atom. The van der Waals surface area contributed by atoms with Gasteiger partial charge < -0.3 is 5.32 Å². The van der Waals surface area contributed by atoms with Gasteiger partial charge in [-0.1, -0.05) is 43.6 Å². The molecule has 2 aromatic rings. The van der Waals surface area contributed by atoms with Gasteiger partial charge in [-0.2, -0.15) is 0 Å². The lowest BCUT2D eigenvalue weighted by Crippen LogP contribution is -2.20. The van der Waals surface area contributed by atoms with Crippen molar-refractivity contribution < 1.29 is 13.2 Å². The van der Waals surface area contributed by atoms with Gasteiger partial charge in [-0.15, -0.1) is 0 Å². The van der Waals surface area contributed by atoms with Crippen molar-refractivity contribution in [1.82, 2.24) is 0 Å². The molecule has 2 rings (SSSR count). The Morgan fingerprint density at radius 2 is 1.88 bits per heavy atom. The van der Waals surface area contributed by atoms with E-state index < -0.39 is 10.0 Å². The fraction of sp³-hybridized carbons (Fsp3) is 0.235. The number of para-hydroxylation sites is 1. The molecule has 1 amide bonds. The molecule has 24 heavy (non-hydrogen) atoms. The molecule has 0 saturated carbocycles. The maximum atomic E-state index is 12.5. The van der Waals surface area contributed by atoms with Crippen molar-refractivity contribution in [3.8, 4) is 0 Å². The fourth-order valence-corrected chi connectivity index (χ4v) is 3.30. The maximum Gasteiger partial charge on any atom is 0.262 e. The molecule has 2 aromatic carbocycles. The molecule has 0 heterocycles. The number of halogens is 1. The second-order valence-electron chi connectivity index (χ2n) is 5.41. The van der Waals surface area contributed by atoms with Gasteiger partial charge in [0.15, 0.2) is 0 Å². The van der Waals surface area contributed by atoms with Crippen LogP contribution in [0.1, 0.15) is 20.3 Å². The van der Waals surface area contributed by atoms with Crippen molar-refractivity contribution in [3.05, 3.63) is 53.6 Å². The summed E-state index contributed by atoms with van der Waals surface area (Å²) in [6.45, 7) is 3.73. The molecule has 128 valence electrons. The van der Waals surface area contributed by atoms with Crippen LogP contribution in [-0.4, -0.2) is 14.3 Å². The van der Waals surface area contributed by atoms with Gasteiger partial charge in [0.1, 0.15) is 0 Å². The highest BCUT2D eigenvalue weighted by atomic mass is 35.5. The molecule has 1 atom stereocenters. The molecule has 0 aliphatic heterocycles. The van der Waals surface area contributed by atoms with Gasteiger partial charge in [-0.3, -0.25) is 9.52 Å². The van der Waals surface area contributed by atoms with Gasteiger partial charge >= 0.3 is 0 Å². The number of amides is 1. The Balaban J connectivity index is 2.24. The second kappa shape index (κ2) is 7.68. The van der Waals surface area contributed by atoms with Crippen LogP contribution in [0.25, 0.3) is 0 Å². The van der Waals surface area contributed by atoms with E-state index in [4.69, 9.17) is 11.6 Å². The van der Waals surface area contributed by atoms with E-state index in [1.807, 2.05) is 13.8 Å². The minimum absolute atomic E-state index is 0.0457. The molecule has 2 N–H and O–H groups in total. The van der Waals surface area contributed by atoms with Crippen molar-refractivity contribution >= 4 is 38.9 Å². The first-order chi connectivity index (χ1) is 11.3. The average Bonchev–Trinajstić information content (AvgIpc) is 2.56. The number of carbonyl (C=O) groups is 1. The first kappa shape index (κ1) is 18.3. The van der Waals surface area contributed by atoms with Gasteiger partial charge in [-0.25, -0.2) is 8.42 Å². The van der Waals surface area contributed by atoms with E-state index in [9.17, 15) is 13.2 Å². The fourth-order valence-electron chi connectivity index (χ4n) is 1.94. The van der Waals surface area contributed by atoms with Crippen LogP contribution in [0.3, 0.4) is 0 Å². The number of sulfonamides is 1. The molecule has 1 unspecified atom stereocenters. The molecule has 0 radical (unpaired) electrons. The van der Waals surface area contributed by atoms with Gasteiger partial charge in [0.2, 0.25) is 5.91 Å². The zero-order valence-corrected chi connectivity index (χ0v) is 15.0. The van der Waals surface area contributed by atoms with Crippen LogP contribution < -0.4 is 10.0 Å². The Labute approximate surface area is 147 Å². The zero-order chi connectivity index (χ0) is 17.7. The molecular weight excluding hydrogens is 348 g/mol. The molecule has 0 spiro atoms. The average molecular weight is 367 g/mol. The second-order valence-corrected chi connectivity index (χ2v) is 7.50. The van der Waals surface area contributed by atoms with Crippen molar-refractivity contribution in [3.63, 3.8) is 0 Å². The molecule has 7 heteroatoms. The first-order valence-corrected chi connectivity index (χ1v) is 9.38. The highest BCUT2D eigenvalue weighted by Crippen LogP contribution is 2.25. The highest BCUT2D eigenvalue weighted by molar-refractivity contribution is 7.92. The summed E-state index contributed by atoms with van der Waals surface area (Å²) >= 11 is 5.98. The predicted octanol–water partition coefficient (Wildman–Crippen LogP) is 4.13. The quantitative estimate of drug-likeness (QED) is 0.807. The molecular formula is C17H19ClN2O3S. The standard InChI is InChI=1S/C17H19ClN2O3S/c1-3-12(2)17(21)19-13-7-6-8-14(11-13)24(22,23)20-16-10-5-4-9-15(16)18/h4-12,20H,3H2,1-2H3,(H,19,21). The topological polar surface area (TPSA) is 75.3 Å². The smallest absolute Gasteiger partial charge is 0.262 e. The summed E-state index contributed by atoms with van der Waals surface area (Å²) in [6.07, 6.45) is 0.706. The van der Waals surface area contributed by atoms with Gasteiger partial charge in [0.05, 0.1) is 15.6 Å². The third-order valence-electron chi connectivity index (χ3n) is 3.59. The van der Waals surface area contributed by atoms with Crippen LogP contribution in [0.5, 0.6) is 0 Å². The van der Waals surface area contributed by atoms with E-state index in [1.54, 1.807) is 36.4 Å². The van der Waals surface area contributed by atoms with Gasteiger partial charge in [0.25, 0.3) is 10.0 Å². The lowest BCUT2D eigenvalue weighted by atomic mass is 10.1. The third kappa shape index (κ3) is 4.49. The molecule has 0 saturated heterocycles. The van der Waals surface area contributed by atoms with Crippen LogP contribution in [0.4, 0.5) is 11.4 Å². The van der Waals surface area contributed by atoms with Crippen LogP contribution in [0, 0.1) is 5.92 Å². The van der Waals surface area contributed by atoms with E-state index in [0.717, 1.165) is 0 Å². The maximum absolute atomic E-state index is 12.5. The van der Waals surface area contributed by atoms with Crippen LogP contribution >= 0.6 is 11.6 Å². The van der Waals surface area contributed by atoms with Crippen molar-refractivity contribution in [2.75, 3.05) is 10.0 Å². The number of rotatable bonds is 6. The molecule has 0 bridgehead atoms. The first-order valence-electron chi connectivity index (χ1n) is 7.51. The minimum atomic E-state index is -3.81. The van der Waals surface area contributed by atoms with Gasteiger partial charge in [-0.05, 0) is 36.8 Å². The molecule has 5 nitrogen and oxygen atoms in total. The minimum Gasteiger partial charge on any atom is -0.326 e. The predicted molar refractivity (Wildman–Crippen MR) is 96.8 cm³/mol. The summed E-state index contributed by atoms with van der Waals surface area (Å²) in [5.41, 5.74) is 0.732. The van der Waals surface area contributed by atoms with Crippen molar-refractivity contribution in [2.45, 2.75) is 25.2 Å². The van der Waals surface area contributed by atoms with Crippen molar-refractivity contribution in [2.24, 2.45) is 5.92 Å². The van der Waals surface area contributed by atoms with E-state index in [1.165, 1.54) is 12.1 Å². The summed E-state index contributed by atoms with van der Waals surface area (Å²) in [5.74, 6) is -0.294. The zero-order valence-electron chi connectivity index (χ0n) is 13.4. The highest BCUT2D eigenvalue weighted by Gasteiger charge is 2.17. The third-order valence-corrected chi connectivity index (χ3v) is 5.28. The summed E-state index contributed by atoms with van der Waals surface area (Å²) < 4.78 is 27.4. The molecule has 0 aliphatic carbocycles. The normalized spacial score (nSPS) is 12.5. The number of nitrogens with one attached hydrogen (secondary N) is 2. The number of hydrogen-bond acceptors (Lipinski definition) is 3. The Bertz CT molecular complexity index is 837. The van der Waals surface area contributed by atoms with Crippen LogP contribution in [0.15, 0.2) is 53.4 Å². The SMILES string of the molecule is CCC(C)C(=O)Nc1cccc(S(=O)(=O)Nc2ccccc2Cl)c1. The lowest BCUT2D eigenvalue weighted by Gasteiger charge is -2.12. The number of carbonyl (C=O) groups excluding carboxylic acids is 1. The van der Waals surface area contributed by atoms with E-state index >= 15 is 0 Å². The summed E-state index contributed by atoms with van der Waals surface area (Å²) in [6, 6.07) is 12.7. The molecule has 0 aliphatic rings. The summed E-state index contributed by atoms with van der Waals surface area (Å²) in [4.78, 5) is 12.0. The molecule has 0 aromatic heterocycles. The lowest BCUT2D eigenvalue weighted by molar-refractivity contribution is -0.119. The number of anilines is 2. The summed E-state index contributed by atoms with van der Waals surface area (Å²) in [7, 11) is -3.81. The van der Waals surface area contributed by atoms with Crippen molar-refractivity contribution in [1.29, 1.82) is 0 Å².